The summed E-state index contributed by atoms with van der Waals surface area (Å²) in [5.74, 6) is 0.0106. The van der Waals surface area contributed by atoms with Crippen molar-refractivity contribution in [3.05, 3.63) is 29.8 Å². The second-order valence-corrected chi connectivity index (χ2v) is 2.84. The zero-order valence-corrected chi connectivity index (χ0v) is 8.13. The van der Waals surface area contributed by atoms with Crippen LogP contribution in [0.2, 0.25) is 0 Å². The lowest BCUT2D eigenvalue weighted by Gasteiger charge is -2.04. The number of Topliss-reactive ketones (excluding diaryl/α,β-unsaturated/α-hetero) is 1. The van der Waals surface area contributed by atoms with Crippen molar-refractivity contribution in [2.75, 3.05) is 12.4 Å². The number of urea groups is 1. The van der Waals surface area contributed by atoms with Crippen LogP contribution < -0.4 is 10.6 Å². The Bertz CT molecular complexity index is 344. The number of hydrogen-bond acceptors (Lipinski definition) is 2. The van der Waals surface area contributed by atoms with E-state index in [4.69, 9.17) is 0 Å². The molecule has 0 atom stereocenters. The van der Waals surface area contributed by atoms with E-state index in [1.54, 1.807) is 31.3 Å². The summed E-state index contributed by atoms with van der Waals surface area (Å²) in [5, 5.41) is 5.03. The van der Waals surface area contributed by atoms with Crippen LogP contribution in [0.3, 0.4) is 0 Å². The molecular weight excluding hydrogens is 180 g/mol. The molecule has 0 heterocycles. The van der Waals surface area contributed by atoms with Crippen molar-refractivity contribution in [3.8, 4) is 0 Å². The summed E-state index contributed by atoms with van der Waals surface area (Å²) in [4.78, 5) is 21.8. The zero-order valence-electron chi connectivity index (χ0n) is 8.13. The lowest BCUT2D eigenvalue weighted by molar-refractivity contribution is 0.101. The summed E-state index contributed by atoms with van der Waals surface area (Å²) in [5.41, 5.74) is 1.29. The molecule has 1 aromatic carbocycles. The molecule has 1 aromatic rings. The normalized spacial score (nSPS) is 9.29. The molecule has 0 bridgehead atoms. The SMILES string of the molecule is CNC(=O)Nc1ccc(C(C)=O)cc1. The molecule has 0 fully saturated rings. The van der Waals surface area contributed by atoms with Crippen molar-refractivity contribution in [2.45, 2.75) is 6.92 Å². The van der Waals surface area contributed by atoms with Crippen LogP contribution in [-0.4, -0.2) is 18.9 Å². The van der Waals surface area contributed by atoms with Crippen molar-refractivity contribution in [1.82, 2.24) is 5.32 Å². The first-order valence-electron chi connectivity index (χ1n) is 4.23. The van der Waals surface area contributed by atoms with Crippen LogP contribution in [0.4, 0.5) is 10.5 Å². The second-order valence-electron chi connectivity index (χ2n) is 2.84. The van der Waals surface area contributed by atoms with E-state index in [0.717, 1.165) is 0 Å². The minimum Gasteiger partial charge on any atom is -0.341 e. The predicted molar refractivity (Wildman–Crippen MR) is 54.5 cm³/mol. The van der Waals surface area contributed by atoms with Gasteiger partial charge in [-0.2, -0.15) is 0 Å². The van der Waals surface area contributed by atoms with Gasteiger partial charge >= 0.3 is 6.03 Å². The Labute approximate surface area is 82.3 Å². The number of anilines is 1. The summed E-state index contributed by atoms with van der Waals surface area (Å²) in [6.45, 7) is 1.50. The highest BCUT2D eigenvalue weighted by molar-refractivity contribution is 5.95. The lowest BCUT2D eigenvalue weighted by atomic mass is 10.1. The van der Waals surface area contributed by atoms with Crippen LogP contribution in [0.25, 0.3) is 0 Å². The monoisotopic (exact) mass is 192 g/mol. The molecule has 0 saturated heterocycles. The van der Waals surface area contributed by atoms with Gasteiger partial charge in [0.15, 0.2) is 5.78 Å². The van der Waals surface area contributed by atoms with Gasteiger partial charge < -0.3 is 10.6 Å². The molecule has 2 N–H and O–H groups in total. The van der Waals surface area contributed by atoms with Gasteiger partial charge in [-0.1, -0.05) is 0 Å². The molecule has 0 radical (unpaired) electrons. The molecule has 4 nitrogen and oxygen atoms in total. The number of carbonyl (C=O) groups is 2. The van der Waals surface area contributed by atoms with Crippen LogP contribution in [-0.2, 0) is 0 Å². The van der Waals surface area contributed by atoms with Crippen LogP contribution in [0, 0.1) is 0 Å². The van der Waals surface area contributed by atoms with Crippen molar-refractivity contribution < 1.29 is 9.59 Å². The summed E-state index contributed by atoms with van der Waals surface area (Å²) in [6, 6.07) is 6.44. The first-order chi connectivity index (χ1) is 6.63. The van der Waals surface area contributed by atoms with E-state index in [-0.39, 0.29) is 11.8 Å². The maximum absolute atomic E-state index is 10.9. The van der Waals surface area contributed by atoms with E-state index in [9.17, 15) is 9.59 Å². The van der Waals surface area contributed by atoms with Gasteiger partial charge in [-0.25, -0.2) is 4.79 Å². The number of amides is 2. The van der Waals surface area contributed by atoms with Gasteiger partial charge in [0.25, 0.3) is 0 Å². The molecule has 0 saturated carbocycles. The van der Waals surface area contributed by atoms with Crippen LogP contribution in [0.5, 0.6) is 0 Å². The third kappa shape index (κ3) is 2.58. The molecule has 0 unspecified atom stereocenters. The molecule has 1 rings (SSSR count). The molecule has 2 amide bonds. The largest absolute Gasteiger partial charge is 0.341 e. The Balaban J connectivity index is 2.73. The molecular formula is C10H12N2O2. The predicted octanol–water partition coefficient (Wildman–Crippen LogP) is 1.64. The minimum atomic E-state index is -0.277. The highest BCUT2D eigenvalue weighted by Crippen LogP contribution is 2.09. The molecule has 74 valence electrons. The molecule has 0 aliphatic rings. The Morgan fingerprint density at radius 2 is 1.71 bits per heavy atom. The summed E-state index contributed by atoms with van der Waals surface area (Å²) >= 11 is 0. The van der Waals surface area contributed by atoms with Crippen LogP contribution >= 0.6 is 0 Å². The van der Waals surface area contributed by atoms with Gasteiger partial charge in [-0.05, 0) is 31.2 Å². The number of rotatable bonds is 2. The minimum absolute atomic E-state index is 0.0106. The fourth-order valence-electron chi connectivity index (χ4n) is 0.982. The van der Waals surface area contributed by atoms with Gasteiger partial charge in [0.1, 0.15) is 0 Å². The lowest BCUT2D eigenvalue weighted by Crippen LogP contribution is -2.24. The van der Waals surface area contributed by atoms with Gasteiger partial charge in [-0.3, -0.25) is 4.79 Å². The standard InChI is InChI=1S/C10H12N2O2/c1-7(13)8-3-5-9(6-4-8)12-10(14)11-2/h3-6H,1-2H3,(H2,11,12,14). The van der Waals surface area contributed by atoms with Gasteiger partial charge in [0.05, 0.1) is 0 Å². The first kappa shape index (κ1) is 10.2. The van der Waals surface area contributed by atoms with Gasteiger partial charge in [0.2, 0.25) is 0 Å². The molecule has 0 spiro atoms. The smallest absolute Gasteiger partial charge is 0.318 e. The van der Waals surface area contributed by atoms with E-state index in [0.29, 0.717) is 11.3 Å². The fourth-order valence-corrected chi connectivity index (χ4v) is 0.982. The van der Waals surface area contributed by atoms with E-state index in [1.165, 1.54) is 6.92 Å². The molecule has 0 aliphatic carbocycles. The summed E-state index contributed by atoms with van der Waals surface area (Å²) in [7, 11) is 1.54. The van der Waals surface area contributed by atoms with Crippen molar-refractivity contribution in [3.63, 3.8) is 0 Å². The van der Waals surface area contributed by atoms with Gasteiger partial charge in [0, 0.05) is 18.3 Å². The number of benzene rings is 1. The maximum atomic E-state index is 10.9. The summed E-state index contributed by atoms with van der Waals surface area (Å²) < 4.78 is 0. The Morgan fingerprint density at radius 3 is 2.14 bits per heavy atom. The number of hydrogen-bond donors (Lipinski definition) is 2. The topological polar surface area (TPSA) is 58.2 Å². The second kappa shape index (κ2) is 4.41. The summed E-state index contributed by atoms with van der Waals surface area (Å²) in [6.07, 6.45) is 0. The van der Waals surface area contributed by atoms with Crippen LogP contribution in [0.15, 0.2) is 24.3 Å². The van der Waals surface area contributed by atoms with Crippen LogP contribution in [0.1, 0.15) is 17.3 Å². The fraction of sp³-hybridized carbons (Fsp3) is 0.200. The molecule has 4 heteroatoms. The van der Waals surface area contributed by atoms with E-state index < -0.39 is 0 Å². The average Bonchev–Trinajstić information content (AvgIpc) is 2.18. The maximum Gasteiger partial charge on any atom is 0.318 e. The van der Waals surface area contributed by atoms with Crippen molar-refractivity contribution >= 4 is 17.5 Å². The number of nitrogens with one attached hydrogen (secondary N) is 2. The Morgan fingerprint density at radius 1 is 1.14 bits per heavy atom. The zero-order chi connectivity index (χ0) is 10.6. The quantitative estimate of drug-likeness (QED) is 0.700. The first-order valence-corrected chi connectivity index (χ1v) is 4.23. The molecule has 0 aliphatic heterocycles. The number of ketones is 1. The number of carbonyl (C=O) groups excluding carboxylic acids is 2. The van der Waals surface area contributed by atoms with E-state index in [2.05, 4.69) is 10.6 Å². The average molecular weight is 192 g/mol. The van der Waals surface area contributed by atoms with E-state index >= 15 is 0 Å². The highest BCUT2D eigenvalue weighted by Gasteiger charge is 2.00. The van der Waals surface area contributed by atoms with Crippen molar-refractivity contribution in [2.24, 2.45) is 0 Å². The van der Waals surface area contributed by atoms with Gasteiger partial charge in [-0.15, -0.1) is 0 Å². The highest BCUT2D eigenvalue weighted by atomic mass is 16.2. The molecule has 0 aromatic heterocycles. The third-order valence-corrected chi connectivity index (χ3v) is 1.78. The van der Waals surface area contributed by atoms with E-state index in [1.807, 2.05) is 0 Å². The Kier molecular flexibility index (Phi) is 3.23. The van der Waals surface area contributed by atoms with Crippen molar-refractivity contribution in [1.29, 1.82) is 0 Å². The Hall–Kier alpha value is -1.84. The third-order valence-electron chi connectivity index (χ3n) is 1.78. The molecule has 14 heavy (non-hydrogen) atoms.